The average molecular weight is 577 g/mol. The number of ether oxygens (including phenoxy) is 9. The minimum Gasteiger partial charge on any atom is -0.377 e. The highest BCUT2D eigenvalue weighted by molar-refractivity contribution is 6.12. The molecule has 40 heavy (non-hydrogen) atoms. The predicted octanol–water partition coefficient (Wildman–Crippen LogP) is -0.187. The van der Waals surface area contributed by atoms with Crippen LogP contribution in [0.2, 0.25) is 0 Å². The number of hydrogen-bond acceptors (Lipinski definition) is 12. The summed E-state index contributed by atoms with van der Waals surface area (Å²) in [6.07, 6.45) is 5.03. The molecule has 2 rings (SSSR count). The highest BCUT2D eigenvalue weighted by atomic mass is 16.6. The molecule has 232 valence electrons. The SMILES string of the molecule is O=C1C=CC(=O)N1CCOCCOCCOCCOCCOCCOCCOCCOCCOC1CCNCC1. The Morgan fingerprint density at radius 3 is 1.23 bits per heavy atom. The van der Waals surface area contributed by atoms with E-state index in [0.717, 1.165) is 30.8 Å². The first-order valence-electron chi connectivity index (χ1n) is 14.2. The van der Waals surface area contributed by atoms with Crippen molar-refractivity contribution < 1.29 is 52.2 Å². The number of nitrogens with zero attached hydrogens (tertiary/aromatic N) is 1. The van der Waals surface area contributed by atoms with Gasteiger partial charge >= 0.3 is 0 Å². The molecule has 1 fully saturated rings. The van der Waals surface area contributed by atoms with Crippen LogP contribution in [0.3, 0.4) is 0 Å². The van der Waals surface area contributed by atoms with Crippen LogP contribution in [0, 0.1) is 0 Å². The van der Waals surface area contributed by atoms with E-state index in [2.05, 4.69) is 5.32 Å². The quantitative estimate of drug-likeness (QED) is 0.0978. The minimum atomic E-state index is -0.302. The molecule has 0 bridgehead atoms. The average Bonchev–Trinajstić information content (AvgIpc) is 3.29. The lowest BCUT2D eigenvalue weighted by Gasteiger charge is -2.22. The molecule has 13 heteroatoms. The van der Waals surface area contributed by atoms with E-state index in [0.29, 0.717) is 112 Å². The first-order chi connectivity index (χ1) is 19.8. The highest BCUT2D eigenvalue weighted by Gasteiger charge is 2.22. The molecule has 1 N–H and O–H groups in total. The summed E-state index contributed by atoms with van der Waals surface area (Å²) in [4.78, 5) is 23.9. The Balaban J connectivity index is 1.16. The maximum Gasteiger partial charge on any atom is 0.253 e. The summed E-state index contributed by atoms with van der Waals surface area (Å²) in [5.41, 5.74) is 0. The molecule has 2 aliphatic rings. The van der Waals surface area contributed by atoms with E-state index >= 15 is 0 Å². The van der Waals surface area contributed by atoms with Crippen molar-refractivity contribution >= 4 is 11.8 Å². The number of hydrogen-bond donors (Lipinski definition) is 1. The molecule has 0 saturated carbocycles. The Kier molecular flexibility index (Phi) is 21.9. The third-order valence-corrected chi connectivity index (χ3v) is 5.83. The van der Waals surface area contributed by atoms with Gasteiger partial charge in [0.05, 0.1) is 125 Å². The van der Waals surface area contributed by atoms with Crippen molar-refractivity contribution in [2.75, 3.05) is 132 Å². The van der Waals surface area contributed by atoms with E-state index in [1.165, 1.54) is 12.2 Å². The Labute approximate surface area is 237 Å². The summed E-state index contributed by atoms with van der Waals surface area (Å²) in [5, 5.41) is 3.32. The summed E-state index contributed by atoms with van der Waals surface area (Å²) in [6.45, 7) is 10.7. The van der Waals surface area contributed by atoms with Crippen molar-refractivity contribution in [2.24, 2.45) is 0 Å². The second-order valence-electron chi connectivity index (χ2n) is 8.88. The lowest BCUT2D eigenvalue weighted by molar-refractivity contribution is -0.137. The molecular formula is C27H48N2O11. The van der Waals surface area contributed by atoms with Gasteiger partial charge in [0.15, 0.2) is 0 Å². The van der Waals surface area contributed by atoms with Gasteiger partial charge < -0.3 is 47.9 Å². The van der Waals surface area contributed by atoms with E-state index in [-0.39, 0.29) is 25.0 Å². The number of piperidine rings is 1. The van der Waals surface area contributed by atoms with Crippen LogP contribution in [0.4, 0.5) is 0 Å². The van der Waals surface area contributed by atoms with Crippen LogP contribution >= 0.6 is 0 Å². The number of nitrogens with one attached hydrogen (secondary N) is 1. The van der Waals surface area contributed by atoms with E-state index < -0.39 is 0 Å². The van der Waals surface area contributed by atoms with Gasteiger partial charge in [-0.05, 0) is 25.9 Å². The van der Waals surface area contributed by atoms with Crippen LogP contribution in [0.5, 0.6) is 0 Å². The van der Waals surface area contributed by atoms with Crippen LogP contribution in [-0.4, -0.2) is 155 Å². The van der Waals surface area contributed by atoms with Gasteiger partial charge in [0.2, 0.25) is 0 Å². The number of imide groups is 1. The van der Waals surface area contributed by atoms with E-state index in [1.807, 2.05) is 0 Å². The van der Waals surface area contributed by atoms with Gasteiger partial charge in [-0.25, -0.2) is 0 Å². The largest absolute Gasteiger partial charge is 0.377 e. The van der Waals surface area contributed by atoms with Crippen molar-refractivity contribution in [3.8, 4) is 0 Å². The van der Waals surface area contributed by atoms with Gasteiger partial charge in [0.25, 0.3) is 11.8 Å². The standard InChI is InChI=1S/C27H48N2O11/c30-26-1-2-27(31)29(26)7-8-32-9-10-33-11-12-34-13-14-35-15-16-36-17-18-37-19-20-38-21-22-39-23-24-40-25-3-5-28-6-4-25/h1-2,25,28H,3-24H2. The van der Waals surface area contributed by atoms with Crippen molar-refractivity contribution in [3.63, 3.8) is 0 Å². The monoisotopic (exact) mass is 576 g/mol. The zero-order chi connectivity index (χ0) is 28.4. The first-order valence-corrected chi connectivity index (χ1v) is 14.2. The Morgan fingerprint density at radius 2 is 0.850 bits per heavy atom. The second-order valence-corrected chi connectivity index (χ2v) is 8.88. The molecule has 0 aromatic carbocycles. The molecule has 0 aromatic rings. The zero-order valence-corrected chi connectivity index (χ0v) is 23.7. The van der Waals surface area contributed by atoms with Crippen LogP contribution < -0.4 is 5.32 Å². The molecule has 13 nitrogen and oxygen atoms in total. The summed E-state index contributed by atoms with van der Waals surface area (Å²) >= 11 is 0. The molecule has 0 aromatic heterocycles. The number of rotatable bonds is 28. The van der Waals surface area contributed by atoms with Crippen molar-refractivity contribution in [1.82, 2.24) is 10.2 Å². The molecule has 0 atom stereocenters. The summed E-state index contributed by atoms with van der Waals surface area (Å²) in [7, 11) is 0. The maximum absolute atomic E-state index is 11.4. The first kappa shape index (κ1) is 34.7. The summed E-state index contributed by atoms with van der Waals surface area (Å²) < 4.78 is 49.3. The number of carbonyl (C=O) groups is 2. The molecule has 0 spiro atoms. The fraction of sp³-hybridized carbons (Fsp3) is 0.852. The Bertz CT molecular complexity index is 644. The van der Waals surface area contributed by atoms with Gasteiger partial charge in [-0.2, -0.15) is 0 Å². The lowest BCUT2D eigenvalue weighted by atomic mass is 10.1. The van der Waals surface area contributed by atoms with Crippen molar-refractivity contribution in [1.29, 1.82) is 0 Å². The second kappa shape index (κ2) is 25.2. The van der Waals surface area contributed by atoms with Crippen LogP contribution in [0.15, 0.2) is 12.2 Å². The normalized spacial score (nSPS) is 16.1. The van der Waals surface area contributed by atoms with Crippen LogP contribution in [0.25, 0.3) is 0 Å². The lowest BCUT2D eigenvalue weighted by Crippen LogP contribution is -2.33. The van der Waals surface area contributed by atoms with Gasteiger partial charge in [-0.1, -0.05) is 0 Å². The van der Waals surface area contributed by atoms with E-state index in [1.54, 1.807) is 0 Å². The minimum absolute atomic E-state index is 0.245. The molecule has 0 unspecified atom stereocenters. The number of amides is 2. The van der Waals surface area contributed by atoms with Crippen LogP contribution in [-0.2, 0) is 52.2 Å². The van der Waals surface area contributed by atoms with Crippen molar-refractivity contribution in [3.05, 3.63) is 12.2 Å². The van der Waals surface area contributed by atoms with E-state index in [9.17, 15) is 9.59 Å². The summed E-state index contributed by atoms with van der Waals surface area (Å²) in [6, 6.07) is 0. The molecule has 0 radical (unpaired) electrons. The zero-order valence-electron chi connectivity index (χ0n) is 23.7. The molecule has 0 aliphatic carbocycles. The fourth-order valence-electron chi connectivity index (χ4n) is 3.68. The molecule has 2 aliphatic heterocycles. The Morgan fingerprint density at radius 1 is 0.525 bits per heavy atom. The topological polar surface area (TPSA) is 132 Å². The third-order valence-electron chi connectivity index (χ3n) is 5.83. The summed E-state index contributed by atoms with van der Waals surface area (Å²) in [5.74, 6) is -0.605. The van der Waals surface area contributed by atoms with Crippen LogP contribution in [0.1, 0.15) is 12.8 Å². The van der Waals surface area contributed by atoms with Gasteiger partial charge in [-0.3, -0.25) is 14.5 Å². The third kappa shape index (κ3) is 18.8. The van der Waals surface area contributed by atoms with Crippen molar-refractivity contribution in [2.45, 2.75) is 18.9 Å². The van der Waals surface area contributed by atoms with Gasteiger partial charge in [0, 0.05) is 12.2 Å². The smallest absolute Gasteiger partial charge is 0.253 e. The predicted molar refractivity (Wildman–Crippen MR) is 144 cm³/mol. The Hall–Kier alpha value is -1.52. The van der Waals surface area contributed by atoms with Gasteiger partial charge in [0.1, 0.15) is 0 Å². The maximum atomic E-state index is 11.4. The van der Waals surface area contributed by atoms with Gasteiger partial charge in [-0.15, -0.1) is 0 Å². The molecule has 2 heterocycles. The fourth-order valence-corrected chi connectivity index (χ4v) is 3.68. The number of carbonyl (C=O) groups excluding carboxylic acids is 2. The molecular weight excluding hydrogens is 528 g/mol. The van der Waals surface area contributed by atoms with E-state index in [4.69, 9.17) is 42.6 Å². The molecule has 2 amide bonds. The molecule has 1 saturated heterocycles. The highest BCUT2D eigenvalue weighted by Crippen LogP contribution is 2.06.